The molecule has 110 valence electrons. The van der Waals surface area contributed by atoms with Crippen molar-refractivity contribution in [3.63, 3.8) is 0 Å². The molecule has 0 saturated heterocycles. The van der Waals surface area contributed by atoms with E-state index in [4.69, 9.17) is 16.3 Å². The molecule has 1 N–H and O–H groups in total. The molecule has 0 bridgehead atoms. The zero-order valence-electron chi connectivity index (χ0n) is 11.8. The Bertz CT molecular complexity index is 619. The Hall–Kier alpha value is -1.65. The first-order valence-corrected chi connectivity index (χ1v) is 7.72. The number of halogens is 1. The highest BCUT2D eigenvalue weighted by molar-refractivity contribution is 8.00. The van der Waals surface area contributed by atoms with Crippen molar-refractivity contribution in [3.05, 3.63) is 53.6 Å². The lowest BCUT2D eigenvalue weighted by Gasteiger charge is -2.14. The predicted molar refractivity (Wildman–Crippen MR) is 88.4 cm³/mol. The molecule has 21 heavy (non-hydrogen) atoms. The van der Waals surface area contributed by atoms with Gasteiger partial charge in [-0.1, -0.05) is 35.9 Å². The molecule has 0 heterocycles. The van der Waals surface area contributed by atoms with Crippen LogP contribution in [0.25, 0.3) is 0 Å². The lowest BCUT2D eigenvalue weighted by Crippen LogP contribution is -2.22. The number of methoxy groups -OCH3 is 1. The minimum Gasteiger partial charge on any atom is -0.493 e. The summed E-state index contributed by atoms with van der Waals surface area (Å²) in [6.07, 6.45) is 0. The minimum absolute atomic E-state index is 0.0931. The van der Waals surface area contributed by atoms with Crippen LogP contribution >= 0.6 is 23.4 Å². The summed E-state index contributed by atoms with van der Waals surface area (Å²) in [5, 5.41) is 3.10. The van der Waals surface area contributed by atoms with Crippen LogP contribution in [0.1, 0.15) is 6.92 Å². The number of rotatable bonds is 5. The fourth-order valence-electron chi connectivity index (χ4n) is 1.81. The third-order valence-corrected chi connectivity index (χ3v) is 4.26. The summed E-state index contributed by atoms with van der Waals surface area (Å²) >= 11 is 7.54. The van der Waals surface area contributed by atoms with Crippen LogP contribution in [0.4, 0.5) is 5.69 Å². The summed E-state index contributed by atoms with van der Waals surface area (Å²) in [6, 6.07) is 15.1. The van der Waals surface area contributed by atoms with Crippen LogP contribution in [0.2, 0.25) is 5.02 Å². The quantitative estimate of drug-likeness (QED) is 0.826. The van der Waals surface area contributed by atoms with E-state index in [2.05, 4.69) is 5.32 Å². The van der Waals surface area contributed by atoms with Gasteiger partial charge >= 0.3 is 0 Å². The fourth-order valence-corrected chi connectivity index (χ4v) is 2.95. The molecule has 2 rings (SSSR count). The molecule has 1 amide bonds. The van der Waals surface area contributed by atoms with Crippen molar-refractivity contribution in [1.82, 2.24) is 0 Å². The van der Waals surface area contributed by atoms with Crippen LogP contribution in [-0.2, 0) is 4.79 Å². The second-order valence-corrected chi connectivity index (χ2v) is 6.20. The molecule has 0 aromatic heterocycles. The second kappa shape index (κ2) is 7.38. The summed E-state index contributed by atoms with van der Waals surface area (Å²) in [4.78, 5) is 13.3. The van der Waals surface area contributed by atoms with Gasteiger partial charge in [0.15, 0.2) is 5.75 Å². The first-order chi connectivity index (χ1) is 10.1. The third-order valence-electron chi connectivity index (χ3n) is 2.85. The summed E-state index contributed by atoms with van der Waals surface area (Å²) in [6.45, 7) is 1.87. The lowest BCUT2D eigenvalue weighted by molar-refractivity contribution is -0.115. The van der Waals surface area contributed by atoms with Gasteiger partial charge in [-0.25, -0.2) is 0 Å². The molecule has 0 aliphatic heterocycles. The Morgan fingerprint density at radius 2 is 1.90 bits per heavy atom. The summed E-state index contributed by atoms with van der Waals surface area (Å²) in [5.74, 6) is 0.383. The molecule has 1 atom stereocenters. The molecular formula is C16H16ClNO2S. The molecule has 2 aromatic rings. The van der Waals surface area contributed by atoms with E-state index in [1.54, 1.807) is 18.2 Å². The van der Waals surface area contributed by atoms with Gasteiger partial charge in [-0.3, -0.25) is 4.79 Å². The number of nitrogens with one attached hydrogen (secondary N) is 1. The number of benzene rings is 2. The van der Waals surface area contributed by atoms with E-state index in [1.165, 1.54) is 18.9 Å². The Morgan fingerprint density at radius 3 is 2.57 bits per heavy atom. The van der Waals surface area contributed by atoms with E-state index in [1.807, 2.05) is 37.3 Å². The normalized spacial score (nSPS) is 11.8. The monoisotopic (exact) mass is 321 g/mol. The molecule has 0 aliphatic rings. The van der Waals surface area contributed by atoms with E-state index >= 15 is 0 Å². The van der Waals surface area contributed by atoms with Crippen molar-refractivity contribution in [2.75, 3.05) is 12.4 Å². The topological polar surface area (TPSA) is 38.3 Å². The smallest absolute Gasteiger partial charge is 0.237 e. The number of hydrogen-bond donors (Lipinski definition) is 1. The number of thioether (sulfide) groups is 1. The van der Waals surface area contributed by atoms with E-state index in [-0.39, 0.29) is 11.2 Å². The SMILES string of the molecule is COc1c(Cl)cccc1NC(=O)C(C)Sc1ccccc1. The summed E-state index contributed by atoms with van der Waals surface area (Å²) in [7, 11) is 1.53. The average molecular weight is 322 g/mol. The van der Waals surface area contributed by atoms with Crippen LogP contribution in [0.15, 0.2) is 53.4 Å². The first kappa shape index (κ1) is 15.7. The van der Waals surface area contributed by atoms with Gasteiger partial charge in [0.1, 0.15) is 0 Å². The lowest BCUT2D eigenvalue weighted by atomic mass is 10.3. The molecule has 0 aliphatic carbocycles. The number of amides is 1. The van der Waals surface area contributed by atoms with Gasteiger partial charge in [0.05, 0.1) is 23.1 Å². The predicted octanol–water partition coefficient (Wildman–Crippen LogP) is 4.47. The second-order valence-electron chi connectivity index (χ2n) is 4.38. The van der Waals surface area contributed by atoms with Crippen LogP contribution in [0.3, 0.4) is 0 Å². The minimum atomic E-state index is -0.226. The molecule has 0 fully saturated rings. The van der Waals surface area contributed by atoms with Gasteiger partial charge < -0.3 is 10.1 Å². The number of carbonyl (C=O) groups excluding carboxylic acids is 1. The molecule has 1 unspecified atom stereocenters. The number of ether oxygens (including phenoxy) is 1. The first-order valence-electron chi connectivity index (χ1n) is 6.47. The molecule has 5 heteroatoms. The van der Waals surface area contributed by atoms with Crippen molar-refractivity contribution in [1.29, 1.82) is 0 Å². The molecule has 0 spiro atoms. The molecule has 3 nitrogen and oxygen atoms in total. The van der Waals surface area contributed by atoms with Gasteiger partial charge in [0, 0.05) is 4.90 Å². The zero-order chi connectivity index (χ0) is 15.2. The van der Waals surface area contributed by atoms with E-state index < -0.39 is 0 Å². The Labute approximate surface area is 133 Å². The van der Waals surface area contributed by atoms with Gasteiger partial charge in [0.25, 0.3) is 0 Å². The van der Waals surface area contributed by atoms with E-state index in [9.17, 15) is 4.79 Å². The average Bonchev–Trinajstić information content (AvgIpc) is 2.48. The van der Waals surface area contributed by atoms with E-state index in [0.717, 1.165) is 4.90 Å². The Morgan fingerprint density at radius 1 is 1.19 bits per heavy atom. The zero-order valence-corrected chi connectivity index (χ0v) is 13.4. The Balaban J connectivity index is 2.06. The van der Waals surface area contributed by atoms with Gasteiger partial charge in [0.2, 0.25) is 5.91 Å². The van der Waals surface area contributed by atoms with Gasteiger partial charge in [-0.15, -0.1) is 11.8 Å². The maximum atomic E-state index is 12.3. The fraction of sp³-hybridized carbons (Fsp3) is 0.188. The maximum Gasteiger partial charge on any atom is 0.237 e. The van der Waals surface area contributed by atoms with E-state index in [0.29, 0.717) is 16.5 Å². The highest BCUT2D eigenvalue weighted by Gasteiger charge is 2.17. The highest BCUT2D eigenvalue weighted by atomic mass is 35.5. The Kier molecular flexibility index (Phi) is 5.53. The van der Waals surface area contributed by atoms with Crippen molar-refractivity contribution in [2.45, 2.75) is 17.1 Å². The number of hydrogen-bond acceptors (Lipinski definition) is 3. The van der Waals surface area contributed by atoms with Crippen LogP contribution < -0.4 is 10.1 Å². The summed E-state index contributed by atoms with van der Waals surface area (Å²) < 4.78 is 5.22. The van der Waals surface area contributed by atoms with Crippen LogP contribution in [0.5, 0.6) is 5.75 Å². The van der Waals surface area contributed by atoms with Crippen molar-refractivity contribution >= 4 is 35.0 Å². The van der Waals surface area contributed by atoms with Crippen molar-refractivity contribution < 1.29 is 9.53 Å². The molecule has 0 radical (unpaired) electrons. The van der Waals surface area contributed by atoms with Crippen molar-refractivity contribution in [2.24, 2.45) is 0 Å². The van der Waals surface area contributed by atoms with Gasteiger partial charge in [-0.2, -0.15) is 0 Å². The molecular weight excluding hydrogens is 306 g/mol. The van der Waals surface area contributed by atoms with Crippen LogP contribution in [-0.4, -0.2) is 18.3 Å². The number of anilines is 1. The maximum absolute atomic E-state index is 12.3. The van der Waals surface area contributed by atoms with Crippen molar-refractivity contribution in [3.8, 4) is 5.75 Å². The third kappa shape index (κ3) is 4.16. The molecule has 2 aromatic carbocycles. The largest absolute Gasteiger partial charge is 0.493 e. The van der Waals surface area contributed by atoms with Gasteiger partial charge in [-0.05, 0) is 31.2 Å². The van der Waals surface area contributed by atoms with Crippen LogP contribution in [0, 0.1) is 0 Å². The highest BCUT2D eigenvalue weighted by Crippen LogP contribution is 2.33. The summed E-state index contributed by atoms with van der Waals surface area (Å²) in [5.41, 5.74) is 0.579. The molecule has 0 saturated carbocycles. The number of carbonyl (C=O) groups is 1. The standard InChI is InChI=1S/C16H16ClNO2S/c1-11(21-12-7-4-3-5-8-12)16(19)18-14-10-6-9-13(17)15(14)20-2/h3-11H,1-2H3,(H,18,19). The number of para-hydroxylation sites is 1.